The number of pyridine rings is 1. The van der Waals surface area contributed by atoms with Crippen LogP contribution in [0.3, 0.4) is 0 Å². The van der Waals surface area contributed by atoms with E-state index in [0.717, 1.165) is 10.9 Å². The molecule has 1 aliphatic heterocycles. The van der Waals surface area contributed by atoms with Gasteiger partial charge in [0.05, 0.1) is 5.69 Å². The van der Waals surface area contributed by atoms with Crippen molar-refractivity contribution in [1.29, 1.82) is 0 Å². The predicted octanol–water partition coefficient (Wildman–Crippen LogP) is -1.24. The number of carbonyl (C=O) groups is 2. The lowest BCUT2D eigenvalue weighted by atomic mass is 9.94. The maximum atomic E-state index is 12.1. The number of aliphatic hydroxyl groups is 1. The first-order chi connectivity index (χ1) is 12.7. The summed E-state index contributed by atoms with van der Waals surface area (Å²) in [5.74, 6) is -0.767. The molecule has 0 spiro atoms. The molecule has 4 rings (SSSR count). The predicted molar refractivity (Wildman–Crippen MR) is 96.7 cm³/mol. The Morgan fingerprint density at radius 2 is 1.70 bits per heavy atom. The van der Waals surface area contributed by atoms with E-state index in [1.807, 2.05) is 35.2 Å². The third-order valence-corrected chi connectivity index (χ3v) is 4.36. The van der Waals surface area contributed by atoms with Crippen molar-refractivity contribution in [3.8, 4) is 0 Å². The average Bonchev–Trinajstić information content (AvgIpc) is 2.66. The highest BCUT2D eigenvalue weighted by Crippen LogP contribution is 2.33. The summed E-state index contributed by atoms with van der Waals surface area (Å²) in [6.07, 6.45) is 5.48. The van der Waals surface area contributed by atoms with Crippen LogP contribution in [0.2, 0.25) is 0 Å². The number of aliphatic hydroxyl groups excluding tert-OH is 1. The Bertz CT molecular complexity index is 1040. The van der Waals surface area contributed by atoms with Crippen molar-refractivity contribution in [3.05, 3.63) is 71.5 Å². The van der Waals surface area contributed by atoms with Crippen LogP contribution in [-0.4, -0.2) is 29.7 Å². The number of aliphatic imine (C=N–C) groups is 1. The molecular formula is C20H16BrN3O3. The van der Waals surface area contributed by atoms with E-state index in [2.05, 4.69) is 10.3 Å². The van der Waals surface area contributed by atoms with Gasteiger partial charge in [-0.15, -0.1) is 0 Å². The van der Waals surface area contributed by atoms with Crippen molar-refractivity contribution in [2.75, 3.05) is 6.61 Å². The first kappa shape index (κ1) is 18.9. The summed E-state index contributed by atoms with van der Waals surface area (Å²) >= 11 is 0. The molecule has 0 radical (unpaired) electrons. The minimum atomic E-state index is -0.384. The van der Waals surface area contributed by atoms with Gasteiger partial charge in [0.25, 0.3) is 11.8 Å². The van der Waals surface area contributed by atoms with E-state index < -0.39 is 0 Å². The van der Waals surface area contributed by atoms with Crippen LogP contribution >= 0.6 is 0 Å². The van der Waals surface area contributed by atoms with Crippen LogP contribution in [0.15, 0.2) is 59.9 Å². The van der Waals surface area contributed by atoms with Gasteiger partial charge in [0.2, 0.25) is 0 Å². The van der Waals surface area contributed by atoms with Crippen molar-refractivity contribution in [2.45, 2.75) is 6.54 Å². The van der Waals surface area contributed by atoms with Gasteiger partial charge in [-0.3, -0.25) is 19.9 Å². The topological polar surface area (TPSA) is 82.6 Å². The molecule has 0 unspecified atom stereocenters. The lowest BCUT2D eigenvalue weighted by molar-refractivity contribution is -0.698. The van der Waals surface area contributed by atoms with Gasteiger partial charge in [0, 0.05) is 45.8 Å². The van der Waals surface area contributed by atoms with Gasteiger partial charge in [0.1, 0.15) is 6.61 Å². The third-order valence-electron chi connectivity index (χ3n) is 4.36. The molecule has 1 aromatic heterocycles. The van der Waals surface area contributed by atoms with Crippen molar-refractivity contribution >= 4 is 34.5 Å². The standard InChI is InChI=1S/C20H15N3O3.BrH/c24-11-10-23-8-6-13(7-9-23)12-21-17-5-4-16-18-14(17)2-1-3-15(18)19(25)22-20(16)26;/h1-9,12,24H,10-11H2;1H. The van der Waals surface area contributed by atoms with Crippen molar-refractivity contribution < 1.29 is 36.2 Å². The summed E-state index contributed by atoms with van der Waals surface area (Å²) in [5.41, 5.74) is 2.58. The van der Waals surface area contributed by atoms with Gasteiger partial charge in [0.15, 0.2) is 18.9 Å². The quantitative estimate of drug-likeness (QED) is 0.311. The molecule has 0 aliphatic carbocycles. The molecule has 0 saturated carbocycles. The van der Waals surface area contributed by atoms with Gasteiger partial charge in [-0.25, -0.2) is 4.57 Å². The Balaban J connectivity index is 0.00000210. The number of benzene rings is 2. The highest BCUT2D eigenvalue weighted by Gasteiger charge is 2.25. The van der Waals surface area contributed by atoms with Crippen LogP contribution in [0.25, 0.3) is 10.8 Å². The molecular weight excluding hydrogens is 410 g/mol. The summed E-state index contributed by atoms with van der Waals surface area (Å²) in [6.45, 7) is 0.632. The fourth-order valence-corrected chi connectivity index (χ4v) is 3.08. The smallest absolute Gasteiger partial charge is 0.258 e. The molecule has 2 amide bonds. The van der Waals surface area contributed by atoms with Crippen LogP contribution in [0.1, 0.15) is 26.3 Å². The number of aromatic nitrogens is 1. The summed E-state index contributed by atoms with van der Waals surface area (Å²) in [7, 11) is 0. The molecule has 3 aromatic rings. The molecule has 0 fully saturated rings. The Labute approximate surface area is 165 Å². The second kappa shape index (κ2) is 7.77. The number of hydrogen-bond acceptors (Lipinski definition) is 4. The van der Waals surface area contributed by atoms with E-state index in [4.69, 9.17) is 5.11 Å². The zero-order chi connectivity index (χ0) is 18.1. The highest BCUT2D eigenvalue weighted by molar-refractivity contribution is 6.26. The second-order valence-corrected chi connectivity index (χ2v) is 5.99. The minimum absolute atomic E-state index is 0. The van der Waals surface area contributed by atoms with Gasteiger partial charge in [-0.2, -0.15) is 0 Å². The molecule has 136 valence electrons. The van der Waals surface area contributed by atoms with E-state index >= 15 is 0 Å². The van der Waals surface area contributed by atoms with Crippen molar-refractivity contribution in [3.63, 3.8) is 0 Å². The fraction of sp³-hybridized carbons (Fsp3) is 0.100. The van der Waals surface area contributed by atoms with Crippen LogP contribution < -0.4 is 26.9 Å². The van der Waals surface area contributed by atoms with Crippen molar-refractivity contribution in [2.24, 2.45) is 4.99 Å². The Hall–Kier alpha value is -2.90. The molecule has 2 N–H and O–H groups in total. The summed E-state index contributed by atoms with van der Waals surface area (Å²) in [6, 6.07) is 12.6. The number of halogens is 1. The molecule has 27 heavy (non-hydrogen) atoms. The molecule has 0 saturated heterocycles. The van der Waals surface area contributed by atoms with E-state index in [9.17, 15) is 9.59 Å². The molecule has 0 atom stereocenters. The molecule has 2 heterocycles. The lowest BCUT2D eigenvalue weighted by Crippen LogP contribution is -3.00. The Kier molecular flexibility index (Phi) is 5.43. The zero-order valence-electron chi connectivity index (χ0n) is 14.2. The maximum absolute atomic E-state index is 12.1. The van der Waals surface area contributed by atoms with Crippen LogP contribution in [-0.2, 0) is 6.54 Å². The number of imide groups is 1. The van der Waals surface area contributed by atoms with Gasteiger partial charge in [-0.05, 0) is 18.2 Å². The van der Waals surface area contributed by atoms with Crippen LogP contribution in [0.4, 0.5) is 5.69 Å². The SMILES string of the molecule is O=C1NC(=O)c2ccc(N=Cc3cc[n+](CCO)cc3)c3cccc1c23.[Br-]. The van der Waals surface area contributed by atoms with E-state index in [1.165, 1.54) is 0 Å². The number of hydrogen-bond donors (Lipinski definition) is 2. The Morgan fingerprint density at radius 3 is 2.41 bits per heavy atom. The molecule has 2 aromatic carbocycles. The highest BCUT2D eigenvalue weighted by atomic mass is 79.9. The molecule has 0 bridgehead atoms. The monoisotopic (exact) mass is 425 g/mol. The van der Waals surface area contributed by atoms with E-state index in [-0.39, 0.29) is 35.4 Å². The zero-order valence-corrected chi connectivity index (χ0v) is 15.8. The number of carbonyl (C=O) groups excluding carboxylic acids is 2. The first-order valence-electron chi connectivity index (χ1n) is 8.23. The molecule has 6 nitrogen and oxygen atoms in total. The van der Waals surface area contributed by atoms with Crippen molar-refractivity contribution in [1.82, 2.24) is 5.32 Å². The number of amides is 2. The molecule has 7 heteroatoms. The Morgan fingerprint density at radius 1 is 1.00 bits per heavy atom. The summed E-state index contributed by atoms with van der Waals surface area (Å²) < 4.78 is 1.88. The normalized spacial score (nSPS) is 12.9. The third kappa shape index (κ3) is 3.51. The van der Waals surface area contributed by atoms with Crippen LogP contribution in [0.5, 0.6) is 0 Å². The number of nitrogens with one attached hydrogen (secondary N) is 1. The minimum Gasteiger partial charge on any atom is -1.00 e. The first-order valence-corrected chi connectivity index (χ1v) is 8.23. The van der Waals surface area contributed by atoms with Gasteiger partial charge >= 0.3 is 0 Å². The maximum Gasteiger partial charge on any atom is 0.258 e. The molecule has 1 aliphatic rings. The number of rotatable bonds is 4. The largest absolute Gasteiger partial charge is 1.00 e. The van der Waals surface area contributed by atoms with Gasteiger partial charge in [-0.1, -0.05) is 12.1 Å². The van der Waals surface area contributed by atoms with E-state index in [1.54, 1.807) is 30.5 Å². The fourth-order valence-electron chi connectivity index (χ4n) is 3.08. The second-order valence-electron chi connectivity index (χ2n) is 5.99. The summed E-state index contributed by atoms with van der Waals surface area (Å²) in [4.78, 5) is 28.7. The number of nitrogens with zero attached hydrogens (tertiary/aromatic N) is 2. The average molecular weight is 426 g/mol. The lowest BCUT2D eigenvalue weighted by Gasteiger charge is -2.17. The van der Waals surface area contributed by atoms with Gasteiger partial charge < -0.3 is 22.1 Å². The van der Waals surface area contributed by atoms with Crippen LogP contribution in [0, 0.1) is 0 Å². The summed E-state index contributed by atoms with van der Waals surface area (Å²) in [5, 5.41) is 12.7. The van der Waals surface area contributed by atoms with E-state index in [0.29, 0.717) is 28.7 Å².